The first-order valence-corrected chi connectivity index (χ1v) is 13.8. The van der Waals surface area contributed by atoms with Crippen molar-refractivity contribution in [2.45, 2.75) is 13.6 Å². The number of aromatic hydroxyl groups is 1. The molecule has 216 valence electrons. The topological polar surface area (TPSA) is 104 Å². The number of benzene rings is 2. The predicted molar refractivity (Wildman–Crippen MR) is 158 cm³/mol. The van der Waals surface area contributed by atoms with Crippen LogP contribution in [0.1, 0.15) is 15.9 Å². The molecule has 0 unspecified atom stereocenters. The van der Waals surface area contributed by atoms with E-state index >= 15 is 0 Å². The zero-order chi connectivity index (χ0) is 29.0. The lowest BCUT2D eigenvalue weighted by atomic mass is 10.1. The minimum absolute atomic E-state index is 0.0437. The van der Waals surface area contributed by atoms with Crippen molar-refractivity contribution in [3.05, 3.63) is 39.9 Å². The van der Waals surface area contributed by atoms with Gasteiger partial charge in [-0.05, 0) is 60.7 Å². The van der Waals surface area contributed by atoms with E-state index in [9.17, 15) is 9.90 Å². The summed E-state index contributed by atoms with van der Waals surface area (Å²) in [7, 11) is 8.62. The van der Waals surface area contributed by atoms with Gasteiger partial charge in [-0.1, -0.05) is 6.07 Å². The largest absolute Gasteiger partial charge is 0.493 e. The Labute approximate surface area is 243 Å². The Morgan fingerprint density at radius 2 is 1.65 bits per heavy atom. The molecule has 0 bridgehead atoms. The molecule has 12 heteroatoms. The van der Waals surface area contributed by atoms with Crippen LogP contribution in [0, 0.1) is 6.92 Å². The van der Waals surface area contributed by atoms with Crippen molar-refractivity contribution in [1.82, 2.24) is 19.3 Å². The number of ether oxygens (including phenoxy) is 3. The number of amides is 1. The number of fused-ring (bicyclic) bond motifs is 1. The standard InChI is InChI=1S/C28H37BrN6O5/c1-18-7-8-20-23(24(18)29)25(28(37)35(20)17-34-13-11-33(12-14-34)10-9-32(2)3)30-31-27(36)19-15-21(38-4)26(40-6)22(16-19)39-5/h7-8,15-16,37H,9-14,17H2,1-6H3. The summed E-state index contributed by atoms with van der Waals surface area (Å²) in [5.74, 6) is 0.382. The first-order chi connectivity index (χ1) is 19.2. The second kappa shape index (κ2) is 13.0. The molecule has 3 aromatic rings. The fourth-order valence-corrected chi connectivity index (χ4v) is 5.29. The molecule has 40 heavy (non-hydrogen) atoms. The fraction of sp³-hybridized carbons (Fsp3) is 0.464. The van der Waals surface area contributed by atoms with Gasteiger partial charge in [-0.3, -0.25) is 19.2 Å². The summed E-state index contributed by atoms with van der Waals surface area (Å²) in [6.45, 7) is 8.22. The first-order valence-electron chi connectivity index (χ1n) is 13.0. The van der Waals surface area contributed by atoms with Gasteiger partial charge in [0.25, 0.3) is 5.91 Å². The molecule has 1 aliphatic heterocycles. The van der Waals surface area contributed by atoms with Crippen LogP contribution in [0.2, 0.25) is 0 Å². The zero-order valence-electron chi connectivity index (χ0n) is 23.9. The molecule has 11 nitrogen and oxygen atoms in total. The highest BCUT2D eigenvalue weighted by Gasteiger charge is 2.24. The van der Waals surface area contributed by atoms with Gasteiger partial charge in [0.2, 0.25) is 11.6 Å². The van der Waals surface area contributed by atoms with Crippen LogP contribution in [0.5, 0.6) is 23.1 Å². The Bertz CT molecular complexity index is 1370. The van der Waals surface area contributed by atoms with Crippen molar-refractivity contribution in [1.29, 1.82) is 0 Å². The van der Waals surface area contributed by atoms with Crippen LogP contribution in [0.15, 0.2) is 39.0 Å². The van der Waals surface area contributed by atoms with Crippen molar-refractivity contribution in [2.24, 2.45) is 10.2 Å². The Kier molecular flexibility index (Phi) is 9.67. The highest BCUT2D eigenvalue weighted by atomic mass is 79.9. The Morgan fingerprint density at radius 1 is 1.02 bits per heavy atom. The predicted octanol–water partition coefficient (Wildman–Crippen LogP) is 4.50. The molecule has 0 aliphatic carbocycles. The minimum atomic E-state index is -0.614. The molecule has 1 aromatic heterocycles. The number of rotatable bonds is 10. The van der Waals surface area contributed by atoms with Gasteiger partial charge in [-0.15, -0.1) is 10.2 Å². The van der Waals surface area contributed by atoms with Crippen LogP contribution in [0.3, 0.4) is 0 Å². The Balaban J connectivity index is 1.63. The molecule has 0 radical (unpaired) electrons. The fourth-order valence-electron chi connectivity index (χ4n) is 4.77. The average molecular weight is 618 g/mol. The monoisotopic (exact) mass is 616 g/mol. The molecule has 1 N–H and O–H groups in total. The molecule has 1 amide bonds. The number of methoxy groups -OCH3 is 3. The SMILES string of the molecule is COc1cc(C(=O)N=Nc2c(O)n(CN3CCN(CCN(C)C)CC3)c3ccc(C)c(Br)c23)cc(OC)c1OC. The van der Waals surface area contributed by atoms with Gasteiger partial charge in [0.1, 0.15) is 0 Å². The molecule has 0 spiro atoms. The van der Waals surface area contributed by atoms with E-state index in [1.54, 1.807) is 0 Å². The number of hydrogen-bond donors (Lipinski definition) is 1. The van der Waals surface area contributed by atoms with Crippen LogP contribution in [0.25, 0.3) is 10.9 Å². The van der Waals surface area contributed by atoms with Gasteiger partial charge in [0.05, 0.1) is 39.1 Å². The summed E-state index contributed by atoms with van der Waals surface area (Å²) in [5, 5.41) is 20.3. The quantitative estimate of drug-likeness (QED) is 0.332. The van der Waals surface area contributed by atoms with E-state index in [0.29, 0.717) is 29.3 Å². The maximum atomic E-state index is 13.1. The average Bonchev–Trinajstić information content (AvgIpc) is 3.22. The van der Waals surface area contributed by atoms with Gasteiger partial charge in [-0.25, -0.2) is 0 Å². The van der Waals surface area contributed by atoms with Crippen LogP contribution in [-0.4, -0.2) is 105 Å². The normalized spacial score (nSPS) is 14.9. The van der Waals surface area contributed by atoms with Crippen LogP contribution in [-0.2, 0) is 6.67 Å². The molecular formula is C28H37BrN6O5. The molecule has 0 atom stereocenters. The minimum Gasteiger partial charge on any atom is -0.493 e. The lowest BCUT2D eigenvalue weighted by Crippen LogP contribution is -2.48. The molecule has 2 aromatic carbocycles. The molecule has 1 saturated heterocycles. The van der Waals surface area contributed by atoms with Gasteiger partial charge in [0.15, 0.2) is 17.2 Å². The lowest BCUT2D eigenvalue weighted by Gasteiger charge is -2.35. The summed E-state index contributed by atoms with van der Waals surface area (Å²) in [5.41, 5.74) is 2.23. The molecule has 1 aliphatic rings. The molecule has 1 fully saturated rings. The van der Waals surface area contributed by atoms with Crippen LogP contribution in [0.4, 0.5) is 5.69 Å². The van der Waals surface area contributed by atoms with E-state index in [1.807, 2.05) is 23.6 Å². The summed E-state index contributed by atoms with van der Waals surface area (Å²) in [6, 6.07) is 6.99. The van der Waals surface area contributed by atoms with E-state index in [0.717, 1.165) is 54.8 Å². The van der Waals surface area contributed by atoms with E-state index < -0.39 is 5.91 Å². The molecular weight excluding hydrogens is 580 g/mol. The summed E-state index contributed by atoms with van der Waals surface area (Å²) < 4.78 is 18.7. The second-order valence-corrected chi connectivity index (χ2v) is 10.8. The lowest BCUT2D eigenvalue weighted by molar-refractivity contribution is 0.0993. The number of aromatic nitrogens is 1. The number of nitrogens with zero attached hydrogens (tertiary/aromatic N) is 6. The van der Waals surface area contributed by atoms with Crippen molar-refractivity contribution < 1.29 is 24.1 Å². The van der Waals surface area contributed by atoms with E-state index in [2.05, 4.69) is 55.0 Å². The van der Waals surface area contributed by atoms with Crippen molar-refractivity contribution in [2.75, 3.05) is 74.7 Å². The van der Waals surface area contributed by atoms with Crippen molar-refractivity contribution in [3.63, 3.8) is 0 Å². The maximum absolute atomic E-state index is 13.1. The number of carbonyl (C=O) groups excluding carboxylic acids is 1. The third-order valence-electron chi connectivity index (χ3n) is 7.13. The molecule has 0 saturated carbocycles. The summed E-state index contributed by atoms with van der Waals surface area (Å²) >= 11 is 3.66. The highest BCUT2D eigenvalue weighted by Crippen LogP contribution is 2.44. The van der Waals surface area contributed by atoms with Gasteiger partial charge in [-0.2, -0.15) is 0 Å². The van der Waals surface area contributed by atoms with E-state index in [-0.39, 0.29) is 17.1 Å². The van der Waals surface area contributed by atoms with E-state index in [1.165, 1.54) is 33.5 Å². The molecule has 2 heterocycles. The number of carbonyl (C=O) groups is 1. The third-order valence-corrected chi connectivity index (χ3v) is 8.15. The van der Waals surface area contributed by atoms with Crippen molar-refractivity contribution in [3.8, 4) is 23.1 Å². The van der Waals surface area contributed by atoms with Gasteiger partial charge < -0.3 is 24.2 Å². The number of aryl methyl sites for hydroxylation is 1. The second-order valence-electron chi connectivity index (χ2n) is 10.0. The van der Waals surface area contributed by atoms with Gasteiger partial charge >= 0.3 is 0 Å². The first kappa shape index (κ1) is 29.8. The number of piperazine rings is 1. The number of likely N-dealkylation sites (N-methyl/N-ethyl adjacent to an activating group) is 1. The Morgan fingerprint density at radius 3 is 2.23 bits per heavy atom. The van der Waals surface area contributed by atoms with Gasteiger partial charge in [0, 0.05) is 49.1 Å². The maximum Gasteiger partial charge on any atom is 0.295 e. The van der Waals surface area contributed by atoms with Crippen LogP contribution >= 0.6 is 15.9 Å². The Hall–Kier alpha value is -3.19. The third kappa shape index (κ3) is 6.25. The van der Waals surface area contributed by atoms with Crippen LogP contribution < -0.4 is 14.2 Å². The smallest absolute Gasteiger partial charge is 0.295 e. The zero-order valence-corrected chi connectivity index (χ0v) is 25.5. The summed E-state index contributed by atoms with van der Waals surface area (Å²) in [6.07, 6.45) is 0. The molecule has 4 rings (SSSR count). The number of azo groups is 1. The van der Waals surface area contributed by atoms with Crippen molar-refractivity contribution >= 4 is 38.4 Å². The summed E-state index contributed by atoms with van der Waals surface area (Å²) in [4.78, 5) is 20.0. The highest BCUT2D eigenvalue weighted by molar-refractivity contribution is 9.10. The number of halogens is 1. The van der Waals surface area contributed by atoms with E-state index in [4.69, 9.17) is 14.2 Å². The number of hydrogen-bond acceptors (Lipinski definition) is 9.